The molecule has 0 radical (unpaired) electrons. The number of hydrogen-bond acceptors (Lipinski definition) is 4. The Morgan fingerprint density at radius 3 is 2.74 bits per heavy atom. The predicted octanol–water partition coefficient (Wildman–Crippen LogP) is 4.34. The third-order valence-electron chi connectivity index (χ3n) is 3.81. The summed E-state index contributed by atoms with van der Waals surface area (Å²) in [6.45, 7) is -2.43. The standard InChI is InChI=1S/C19H16ClF2NO4/c1-23(10-12-2-5-14(6-3-12)27-19(21)22)17(24)7-4-13-8-15(20)18-16(9-13)25-11-26-18/h2-9,19H,10-11H2,1H3/b7-4+. The van der Waals surface area contributed by atoms with Gasteiger partial charge in [-0.1, -0.05) is 23.7 Å². The van der Waals surface area contributed by atoms with Crippen LogP contribution in [0.2, 0.25) is 5.02 Å². The maximum Gasteiger partial charge on any atom is 0.387 e. The van der Waals surface area contributed by atoms with Crippen LogP contribution in [0.5, 0.6) is 17.2 Å². The zero-order chi connectivity index (χ0) is 19.4. The molecule has 0 fully saturated rings. The maximum absolute atomic E-state index is 12.3. The van der Waals surface area contributed by atoms with Gasteiger partial charge in [-0.2, -0.15) is 8.78 Å². The summed E-state index contributed by atoms with van der Waals surface area (Å²) in [5, 5.41) is 0.413. The molecule has 1 aliphatic heterocycles. The number of alkyl halides is 2. The van der Waals surface area contributed by atoms with Gasteiger partial charge in [0.15, 0.2) is 11.5 Å². The van der Waals surface area contributed by atoms with Crippen LogP contribution in [0.1, 0.15) is 11.1 Å². The molecule has 1 aliphatic rings. The maximum atomic E-state index is 12.3. The minimum absolute atomic E-state index is 0.0716. The highest BCUT2D eigenvalue weighted by molar-refractivity contribution is 6.32. The average Bonchev–Trinajstić information content (AvgIpc) is 3.10. The molecule has 27 heavy (non-hydrogen) atoms. The molecule has 0 saturated heterocycles. The van der Waals surface area contributed by atoms with E-state index in [4.69, 9.17) is 21.1 Å². The number of ether oxygens (including phenoxy) is 3. The van der Waals surface area contributed by atoms with Gasteiger partial charge in [0.2, 0.25) is 12.7 Å². The molecule has 1 heterocycles. The topological polar surface area (TPSA) is 48.0 Å². The van der Waals surface area contributed by atoms with Crippen molar-refractivity contribution in [1.29, 1.82) is 0 Å². The number of amides is 1. The van der Waals surface area contributed by atoms with Gasteiger partial charge < -0.3 is 19.1 Å². The third-order valence-corrected chi connectivity index (χ3v) is 4.09. The van der Waals surface area contributed by atoms with E-state index in [-0.39, 0.29) is 18.4 Å². The Morgan fingerprint density at radius 1 is 1.30 bits per heavy atom. The quantitative estimate of drug-likeness (QED) is 0.683. The molecular weight excluding hydrogens is 380 g/mol. The van der Waals surface area contributed by atoms with Gasteiger partial charge in [0, 0.05) is 19.7 Å². The van der Waals surface area contributed by atoms with E-state index in [9.17, 15) is 13.6 Å². The van der Waals surface area contributed by atoms with Crippen molar-refractivity contribution < 1.29 is 27.8 Å². The van der Waals surface area contributed by atoms with Crippen LogP contribution in [0.3, 0.4) is 0 Å². The average molecular weight is 396 g/mol. The van der Waals surface area contributed by atoms with Gasteiger partial charge in [0.1, 0.15) is 5.75 Å². The molecule has 0 atom stereocenters. The van der Waals surface area contributed by atoms with E-state index in [0.29, 0.717) is 28.6 Å². The van der Waals surface area contributed by atoms with Gasteiger partial charge in [0.05, 0.1) is 5.02 Å². The third kappa shape index (κ3) is 4.89. The van der Waals surface area contributed by atoms with Crippen LogP contribution in [-0.2, 0) is 11.3 Å². The van der Waals surface area contributed by atoms with E-state index in [1.807, 2.05) is 0 Å². The number of likely N-dealkylation sites (N-methyl/N-ethyl adjacent to an activating group) is 1. The van der Waals surface area contributed by atoms with Gasteiger partial charge >= 0.3 is 6.61 Å². The minimum atomic E-state index is -2.87. The molecule has 0 spiro atoms. The fourth-order valence-corrected chi connectivity index (χ4v) is 2.78. The molecule has 0 bridgehead atoms. The predicted molar refractivity (Wildman–Crippen MR) is 96.2 cm³/mol. The highest BCUT2D eigenvalue weighted by atomic mass is 35.5. The Kier molecular flexibility index (Phi) is 5.81. The van der Waals surface area contributed by atoms with Crippen molar-refractivity contribution in [2.24, 2.45) is 0 Å². The van der Waals surface area contributed by atoms with Crippen LogP contribution in [0.4, 0.5) is 8.78 Å². The molecule has 5 nitrogen and oxygen atoms in total. The molecule has 2 aromatic rings. The van der Waals surface area contributed by atoms with E-state index >= 15 is 0 Å². The fourth-order valence-electron chi connectivity index (χ4n) is 2.51. The molecule has 8 heteroatoms. The number of benzene rings is 2. The summed E-state index contributed by atoms with van der Waals surface area (Å²) >= 11 is 6.11. The highest BCUT2D eigenvalue weighted by Gasteiger charge is 2.17. The number of fused-ring (bicyclic) bond motifs is 1. The fraction of sp³-hybridized carbons (Fsp3) is 0.211. The first-order chi connectivity index (χ1) is 12.9. The zero-order valence-corrected chi connectivity index (χ0v) is 15.1. The van der Waals surface area contributed by atoms with E-state index in [0.717, 1.165) is 5.56 Å². The van der Waals surface area contributed by atoms with Gasteiger partial charge in [-0.15, -0.1) is 0 Å². The van der Waals surface area contributed by atoms with Gasteiger partial charge in [-0.3, -0.25) is 4.79 Å². The number of nitrogens with zero attached hydrogens (tertiary/aromatic N) is 1. The lowest BCUT2D eigenvalue weighted by atomic mass is 10.1. The second kappa shape index (κ2) is 8.26. The van der Waals surface area contributed by atoms with Crippen LogP contribution in [-0.4, -0.2) is 31.3 Å². The lowest BCUT2D eigenvalue weighted by molar-refractivity contribution is -0.125. The van der Waals surface area contributed by atoms with Gasteiger partial charge in [-0.25, -0.2) is 0 Å². The Balaban J connectivity index is 1.60. The van der Waals surface area contributed by atoms with E-state index in [2.05, 4.69) is 4.74 Å². The highest BCUT2D eigenvalue weighted by Crippen LogP contribution is 2.40. The van der Waals surface area contributed by atoms with E-state index in [1.54, 1.807) is 37.4 Å². The number of hydrogen-bond donors (Lipinski definition) is 0. The molecule has 0 aromatic heterocycles. The van der Waals surface area contributed by atoms with Crippen LogP contribution in [0.15, 0.2) is 42.5 Å². The summed E-state index contributed by atoms with van der Waals surface area (Å²) < 4.78 is 39.1. The summed E-state index contributed by atoms with van der Waals surface area (Å²) in [5.74, 6) is 0.879. The summed E-state index contributed by atoms with van der Waals surface area (Å²) in [7, 11) is 1.64. The SMILES string of the molecule is CN(Cc1ccc(OC(F)F)cc1)C(=O)/C=C/c1cc(Cl)c2c(c1)OCO2. The van der Waals surface area contributed by atoms with Crippen LogP contribution >= 0.6 is 11.6 Å². The largest absolute Gasteiger partial charge is 0.454 e. The van der Waals surface area contributed by atoms with Crippen molar-refractivity contribution in [2.75, 3.05) is 13.8 Å². The lowest BCUT2D eigenvalue weighted by Crippen LogP contribution is -2.24. The monoisotopic (exact) mass is 395 g/mol. The first-order valence-electron chi connectivity index (χ1n) is 7.98. The van der Waals surface area contributed by atoms with Crippen LogP contribution < -0.4 is 14.2 Å². The Labute approximate surface area is 159 Å². The summed E-state index contributed by atoms with van der Waals surface area (Å²) in [6.07, 6.45) is 3.05. The number of halogens is 3. The Morgan fingerprint density at radius 2 is 2.04 bits per heavy atom. The van der Waals surface area contributed by atoms with E-state index in [1.165, 1.54) is 23.1 Å². The van der Waals surface area contributed by atoms with Crippen LogP contribution in [0.25, 0.3) is 6.08 Å². The first-order valence-corrected chi connectivity index (χ1v) is 8.36. The summed E-state index contributed by atoms with van der Waals surface area (Å²) in [4.78, 5) is 13.8. The minimum Gasteiger partial charge on any atom is -0.454 e. The number of carbonyl (C=O) groups is 1. The Bertz CT molecular complexity index is 856. The van der Waals surface area contributed by atoms with Gasteiger partial charge in [-0.05, 0) is 41.5 Å². The van der Waals surface area contributed by atoms with Crippen molar-refractivity contribution in [3.05, 3.63) is 58.6 Å². The molecule has 0 N–H and O–H groups in total. The molecular formula is C19H16ClF2NO4. The van der Waals surface area contributed by atoms with Crippen molar-refractivity contribution in [1.82, 2.24) is 4.90 Å². The number of rotatable bonds is 6. The summed E-state index contributed by atoms with van der Waals surface area (Å²) in [5.41, 5.74) is 1.49. The lowest BCUT2D eigenvalue weighted by Gasteiger charge is -2.15. The van der Waals surface area contributed by atoms with Crippen molar-refractivity contribution in [3.8, 4) is 17.2 Å². The van der Waals surface area contributed by atoms with Crippen molar-refractivity contribution >= 4 is 23.6 Å². The molecule has 1 amide bonds. The normalized spacial score (nSPS) is 12.6. The number of carbonyl (C=O) groups excluding carboxylic acids is 1. The molecule has 3 rings (SSSR count). The summed E-state index contributed by atoms with van der Waals surface area (Å²) in [6, 6.07) is 9.54. The van der Waals surface area contributed by atoms with Crippen LogP contribution in [0, 0.1) is 0 Å². The van der Waals surface area contributed by atoms with Crippen molar-refractivity contribution in [3.63, 3.8) is 0 Å². The molecule has 0 aliphatic carbocycles. The first kappa shape index (κ1) is 19.0. The Hall–Kier alpha value is -2.80. The molecule has 2 aromatic carbocycles. The molecule has 0 saturated carbocycles. The smallest absolute Gasteiger partial charge is 0.387 e. The van der Waals surface area contributed by atoms with Crippen molar-refractivity contribution in [2.45, 2.75) is 13.2 Å². The molecule has 142 valence electrons. The van der Waals surface area contributed by atoms with Gasteiger partial charge in [0.25, 0.3) is 0 Å². The zero-order valence-electron chi connectivity index (χ0n) is 14.3. The van der Waals surface area contributed by atoms with E-state index < -0.39 is 6.61 Å². The second-order valence-electron chi connectivity index (χ2n) is 5.79. The molecule has 0 unspecified atom stereocenters. The second-order valence-corrected chi connectivity index (χ2v) is 6.19.